The molecule has 152 valence electrons. The van der Waals surface area contributed by atoms with Crippen LogP contribution in [0.1, 0.15) is 28.4 Å². The Kier molecular flexibility index (Phi) is 5.78. The first-order chi connectivity index (χ1) is 13.7. The van der Waals surface area contributed by atoms with Gasteiger partial charge in [-0.05, 0) is 42.3 Å². The fourth-order valence-corrected chi connectivity index (χ4v) is 3.45. The van der Waals surface area contributed by atoms with Gasteiger partial charge in [0.05, 0.1) is 10.5 Å². The fraction of sp³-hybridized carbons (Fsp3) is 0.200. The maximum atomic E-state index is 12.6. The van der Waals surface area contributed by atoms with Gasteiger partial charge in [-0.1, -0.05) is 19.1 Å². The minimum Gasteiger partial charge on any atom is -0.457 e. The van der Waals surface area contributed by atoms with Crippen molar-refractivity contribution in [3.8, 4) is 0 Å². The average molecular weight is 422 g/mol. The highest BCUT2D eigenvalue weighted by molar-refractivity contribution is 7.91. The van der Waals surface area contributed by atoms with E-state index in [0.717, 1.165) is 36.2 Å². The lowest BCUT2D eigenvalue weighted by molar-refractivity contribution is 0.0473. The number of hydrogen-bond donors (Lipinski definition) is 0. The molecule has 6 nitrogen and oxygen atoms in total. The van der Waals surface area contributed by atoms with Gasteiger partial charge >= 0.3 is 17.4 Å². The van der Waals surface area contributed by atoms with Crippen molar-refractivity contribution in [3.05, 3.63) is 75.6 Å². The standard InChI is InChI=1S/C20H16F2O6S/c1-2-12-3-8-16-14(10-18(23)28-17(16)9-12)11-27-19(24)13-4-6-15(7-5-13)29(25,26)20(21)22/h3-10,20H,2,11H2,1H3. The monoisotopic (exact) mass is 422 g/mol. The number of fused-ring (bicyclic) bond motifs is 1. The first kappa shape index (κ1) is 20.7. The van der Waals surface area contributed by atoms with Crippen LogP contribution in [-0.2, 0) is 27.6 Å². The lowest BCUT2D eigenvalue weighted by Crippen LogP contribution is -2.12. The number of carbonyl (C=O) groups is 1. The molecule has 29 heavy (non-hydrogen) atoms. The van der Waals surface area contributed by atoms with E-state index in [-0.39, 0.29) is 12.2 Å². The number of alkyl halides is 2. The highest BCUT2D eigenvalue weighted by Crippen LogP contribution is 2.21. The molecular formula is C20H16F2O6S. The second-order valence-electron chi connectivity index (χ2n) is 6.18. The van der Waals surface area contributed by atoms with Crippen molar-refractivity contribution >= 4 is 26.8 Å². The molecule has 3 rings (SSSR count). The number of esters is 1. The molecule has 0 radical (unpaired) electrons. The second-order valence-corrected chi connectivity index (χ2v) is 8.10. The van der Waals surface area contributed by atoms with E-state index in [1.807, 2.05) is 13.0 Å². The Labute approximate surface area is 164 Å². The molecule has 2 aromatic carbocycles. The van der Waals surface area contributed by atoms with Crippen LogP contribution < -0.4 is 5.63 Å². The topological polar surface area (TPSA) is 90.7 Å². The van der Waals surface area contributed by atoms with Crippen LogP contribution in [0.3, 0.4) is 0 Å². The zero-order valence-electron chi connectivity index (χ0n) is 15.2. The summed E-state index contributed by atoms with van der Waals surface area (Å²) < 4.78 is 58.3. The van der Waals surface area contributed by atoms with Crippen LogP contribution in [0.15, 0.2) is 62.6 Å². The van der Waals surface area contributed by atoms with E-state index in [4.69, 9.17) is 9.15 Å². The molecule has 0 spiro atoms. The number of hydrogen-bond acceptors (Lipinski definition) is 6. The number of aryl methyl sites for hydroxylation is 1. The Hall–Kier alpha value is -3.07. The van der Waals surface area contributed by atoms with E-state index in [2.05, 4.69) is 0 Å². The van der Waals surface area contributed by atoms with E-state index in [1.54, 1.807) is 12.1 Å². The summed E-state index contributed by atoms with van der Waals surface area (Å²) in [7, 11) is -4.74. The molecule has 0 aliphatic carbocycles. The smallest absolute Gasteiger partial charge is 0.341 e. The Bertz CT molecular complexity index is 1210. The largest absolute Gasteiger partial charge is 0.457 e. The zero-order valence-corrected chi connectivity index (χ0v) is 16.0. The van der Waals surface area contributed by atoms with E-state index in [0.29, 0.717) is 16.5 Å². The van der Waals surface area contributed by atoms with Gasteiger partial charge in [0.15, 0.2) is 0 Å². The van der Waals surface area contributed by atoms with Gasteiger partial charge in [0.25, 0.3) is 0 Å². The van der Waals surface area contributed by atoms with Crippen LogP contribution >= 0.6 is 0 Å². The third-order valence-electron chi connectivity index (χ3n) is 4.31. The molecule has 0 unspecified atom stereocenters. The van der Waals surface area contributed by atoms with Gasteiger partial charge in [-0.2, -0.15) is 8.78 Å². The van der Waals surface area contributed by atoms with Gasteiger partial charge in [0.2, 0.25) is 9.84 Å². The summed E-state index contributed by atoms with van der Waals surface area (Å²) in [5.74, 6) is -4.34. The quantitative estimate of drug-likeness (QED) is 0.444. The summed E-state index contributed by atoms with van der Waals surface area (Å²) in [6, 6.07) is 10.6. The summed E-state index contributed by atoms with van der Waals surface area (Å²) in [5.41, 5.74) is 1.21. The average Bonchev–Trinajstić information content (AvgIpc) is 2.71. The van der Waals surface area contributed by atoms with Gasteiger partial charge in [-0.3, -0.25) is 0 Å². The molecular weight excluding hydrogens is 406 g/mol. The number of carbonyl (C=O) groups excluding carboxylic acids is 1. The molecule has 1 heterocycles. The normalized spacial score (nSPS) is 11.7. The molecule has 0 atom stereocenters. The van der Waals surface area contributed by atoms with E-state index < -0.39 is 32.1 Å². The van der Waals surface area contributed by atoms with Crippen LogP contribution in [0.2, 0.25) is 0 Å². The van der Waals surface area contributed by atoms with Crippen molar-refractivity contribution in [2.24, 2.45) is 0 Å². The molecule has 0 saturated carbocycles. The summed E-state index contributed by atoms with van der Waals surface area (Å²) in [4.78, 5) is 23.4. The van der Waals surface area contributed by atoms with Crippen molar-refractivity contribution < 1.29 is 31.1 Å². The lowest BCUT2D eigenvalue weighted by Gasteiger charge is -2.09. The van der Waals surface area contributed by atoms with E-state index >= 15 is 0 Å². The Morgan fingerprint density at radius 3 is 2.41 bits per heavy atom. The van der Waals surface area contributed by atoms with Crippen LogP contribution in [0.4, 0.5) is 8.78 Å². The molecule has 9 heteroatoms. The van der Waals surface area contributed by atoms with Crippen molar-refractivity contribution in [2.75, 3.05) is 0 Å². The van der Waals surface area contributed by atoms with Gasteiger partial charge in [0, 0.05) is 17.0 Å². The predicted octanol–water partition coefficient (Wildman–Crippen LogP) is 3.71. The summed E-state index contributed by atoms with van der Waals surface area (Å²) >= 11 is 0. The summed E-state index contributed by atoms with van der Waals surface area (Å²) in [6.45, 7) is 1.74. The van der Waals surface area contributed by atoms with Crippen LogP contribution in [0, 0.1) is 0 Å². The number of ether oxygens (including phenoxy) is 1. The van der Waals surface area contributed by atoms with Gasteiger partial charge in [-0.25, -0.2) is 18.0 Å². The maximum Gasteiger partial charge on any atom is 0.341 e. The molecule has 0 aliphatic heterocycles. The number of benzene rings is 2. The summed E-state index contributed by atoms with van der Waals surface area (Å²) in [6.07, 6.45) is 0.760. The highest BCUT2D eigenvalue weighted by Gasteiger charge is 2.26. The third-order valence-corrected chi connectivity index (χ3v) is 5.71. The molecule has 3 aromatic rings. The Balaban J connectivity index is 1.80. The van der Waals surface area contributed by atoms with Gasteiger partial charge in [-0.15, -0.1) is 0 Å². The number of halogens is 2. The second kappa shape index (κ2) is 8.12. The van der Waals surface area contributed by atoms with Crippen LogP contribution in [-0.4, -0.2) is 20.1 Å². The van der Waals surface area contributed by atoms with Crippen molar-refractivity contribution in [1.82, 2.24) is 0 Å². The lowest BCUT2D eigenvalue weighted by atomic mass is 10.1. The van der Waals surface area contributed by atoms with E-state index in [9.17, 15) is 26.8 Å². The third kappa shape index (κ3) is 4.34. The van der Waals surface area contributed by atoms with Gasteiger partial charge < -0.3 is 9.15 Å². The first-order valence-corrected chi connectivity index (χ1v) is 10.1. The molecule has 1 aromatic heterocycles. The summed E-state index contributed by atoms with van der Waals surface area (Å²) in [5, 5.41) is 0.618. The van der Waals surface area contributed by atoms with Gasteiger partial charge in [0.1, 0.15) is 12.2 Å². The number of sulfone groups is 1. The van der Waals surface area contributed by atoms with E-state index in [1.165, 1.54) is 6.07 Å². The minimum absolute atomic E-state index is 0.0150. The molecule has 0 saturated heterocycles. The Morgan fingerprint density at radius 1 is 1.10 bits per heavy atom. The van der Waals surface area contributed by atoms with Crippen molar-refractivity contribution in [3.63, 3.8) is 0 Å². The fourth-order valence-electron chi connectivity index (χ4n) is 2.72. The Morgan fingerprint density at radius 2 is 1.79 bits per heavy atom. The first-order valence-electron chi connectivity index (χ1n) is 8.57. The molecule has 0 amide bonds. The molecule has 0 bridgehead atoms. The molecule has 0 aliphatic rings. The van der Waals surface area contributed by atoms with Crippen molar-refractivity contribution in [1.29, 1.82) is 0 Å². The highest BCUT2D eigenvalue weighted by atomic mass is 32.2. The molecule has 0 N–H and O–H groups in total. The predicted molar refractivity (Wildman–Crippen MR) is 101 cm³/mol. The molecule has 0 fully saturated rings. The van der Waals surface area contributed by atoms with Crippen LogP contribution in [0.25, 0.3) is 11.0 Å². The number of rotatable bonds is 6. The SMILES string of the molecule is CCc1ccc2c(COC(=O)c3ccc(S(=O)(=O)C(F)F)cc3)cc(=O)oc2c1. The van der Waals surface area contributed by atoms with Crippen molar-refractivity contribution in [2.45, 2.75) is 30.6 Å². The zero-order chi connectivity index (χ0) is 21.2. The minimum atomic E-state index is -4.74. The van der Waals surface area contributed by atoms with Crippen LogP contribution in [0.5, 0.6) is 0 Å². The maximum absolute atomic E-state index is 12.6.